The van der Waals surface area contributed by atoms with Crippen LogP contribution in [0.5, 0.6) is 0 Å². The minimum Gasteiger partial charge on any atom is -0.311 e. The van der Waals surface area contributed by atoms with Crippen molar-refractivity contribution < 1.29 is 0 Å². The normalized spacial score (nSPS) is 23.6. The molecule has 0 aliphatic carbocycles. The maximum atomic E-state index is 3.79. The second-order valence-corrected chi connectivity index (χ2v) is 6.45. The Morgan fingerprint density at radius 3 is 2.90 bits per heavy atom. The lowest BCUT2D eigenvalue weighted by molar-refractivity contribution is 0.137. The monoisotopic (exact) mass is 290 g/mol. The van der Waals surface area contributed by atoms with Gasteiger partial charge >= 0.3 is 0 Å². The number of nitrogens with one attached hydrogen (secondary N) is 1. The molecule has 1 aromatic rings. The highest BCUT2D eigenvalue weighted by Gasteiger charge is 2.27. The summed E-state index contributed by atoms with van der Waals surface area (Å²) in [4.78, 5) is 2.65. The number of thioether (sulfide) groups is 1. The van der Waals surface area contributed by atoms with Gasteiger partial charge in [0.1, 0.15) is 0 Å². The fourth-order valence-corrected chi connectivity index (χ4v) is 3.45. The highest BCUT2D eigenvalue weighted by atomic mass is 32.2. The average molecular weight is 290 g/mol. The molecular formula is C17H26N2S. The van der Waals surface area contributed by atoms with Crippen LogP contribution in [0.2, 0.25) is 0 Å². The first kappa shape index (κ1) is 15.6. The Balaban J connectivity index is 1.98. The molecule has 0 radical (unpaired) electrons. The molecule has 20 heavy (non-hydrogen) atoms. The minimum atomic E-state index is 0.517. The zero-order valence-corrected chi connectivity index (χ0v) is 13.2. The molecule has 2 unspecified atom stereocenters. The Hall–Kier alpha value is -0.770. The summed E-state index contributed by atoms with van der Waals surface area (Å²) in [5.41, 5.74) is 1.43. The highest BCUT2D eigenvalue weighted by Crippen LogP contribution is 2.24. The van der Waals surface area contributed by atoms with E-state index in [1.165, 1.54) is 17.7 Å². The predicted molar refractivity (Wildman–Crippen MR) is 90.4 cm³/mol. The summed E-state index contributed by atoms with van der Waals surface area (Å²) in [6.45, 7) is 9.44. The van der Waals surface area contributed by atoms with Crippen LogP contribution in [0.3, 0.4) is 0 Å². The predicted octanol–water partition coefficient (Wildman–Crippen LogP) is 3.33. The molecular weight excluding hydrogens is 264 g/mol. The summed E-state index contributed by atoms with van der Waals surface area (Å²) >= 11 is 1.97. The van der Waals surface area contributed by atoms with Crippen LogP contribution in [0.15, 0.2) is 43.0 Å². The van der Waals surface area contributed by atoms with Gasteiger partial charge in [0.2, 0.25) is 0 Å². The van der Waals surface area contributed by atoms with Gasteiger partial charge in [0.05, 0.1) is 0 Å². The lowest BCUT2D eigenvalue weighted by atomic mass is 10.0. The van der Waals surface area contributed by atoms with E-state index in [-0.39, 0.29) is 0 Å². The third kappa shape index (κ3) is 4.37. The van der Waals surface area contributed by atoms with E-state index in [0.717, 1.165) is 25.4 Å². The van der Waals surface area contributed by atoms with E-state index in [2.05, 4.69) is 54.1 Å². The fraction of sp³-hybridized carbons (Fsp3) is 0.529. The third-order valence-electron chi connectivity index (χ3n) is 3.93. The minimum absolute atomic E-state index is 0.517. The Bertz CT molecular complexity index is 393. The standard InChI is InChI=1S/C17H26N2S/c1-3-11-20-12-10-19-14-16(4-2)18-13-17(19)15-8-6-5-7-9-15/h3,5-9,16-18H,1,4,10-14H2,2H3. The third-order valence-corrected chi connectivity index (χ3v) is 4.87. The van der Waals surface area contributed by atoms with E-state index in [0.29, 0.717) is 12.1 Å². The molecule has 2 rings (SSSR count). The van der Waals surface area contributed by atoms with Crippen LogP contribution in [0.4, 0.5) is 0 Å². The van der Waals surface area contributed by atoms with Gasteiger partial charge in [-0.05, 0) is 12.0 Å². The van der Waals surface area contributed by atoms with E-state index < -0.39 is 0 Å². The fourth-order valence-electron chi connectivity index (χ4n) is 2.76. The van der Waals surface area contributed by atoms with Gasteiger partial charge in [-0.15, -0.1) is 6.58 Å². The molecule has 110 valence electrons. The van der Waals surface area contributed by atoms with Gasteiger partial charge in [-0.1, -0.05) is 43.3 Å². The summed E-state index contributed by atoms with van der Waals surface area (Å²) < 4.78 is 0. The van der Waals surface area contributed by atoms with Gasteiger partial charge in [0, 0.05) is 43.2 Å². The van der Waals surface area contributed by atoms with Crippen LogP contribution < -0.4 is 5.32 Å². The number of hydrogen-bond acceptors (Lipinski definition) is 3. The maximum absolute atomic E-state index is 3.79. The van der Waals surface area contributed by atoms with Crippen molar-refractivity contribution in [1.29, 1.82) is 0 Å². The van der Waals surface area contributed by atoms with Crippen molar-refractivity contribution in [2.24, 2.45) is 0 Å². The summed E-state index contributed by atoms with van der Waals surface area (Å²) in [6.07, 6.45) is 3.20. The van der Waals surface area contributed by atoms with E-state index in [1.807, 2.05) is 17.8 Å². The van der Waals surface area contributed by atoms with Crippen LogP contribution in [-0.2, 0) is 0 Å². The molecule has 0 saturated carbocycles. The molecule has 2 nitrogen and oxygen atoms in total. The SMILES string of the molecule is C=CCSCCN1CC(CC)NCC1c1ccccc1. The maximum Gasteiger partial charge on any atom is 0.0473 e. The average Bonchev–Trinajstić information content (AvgIpc) is 2.52. The summed E-state index contributed by atoms with van der Waals surface area (Å²) in [6, 6.07) is 12.0. The Morgan fingerprint density at radius 2 is 2.20 bits per heavy atom. The molecule has 1 N–H and O–H groups in total. The molecule has 1 fully saturated rings. The molecule has 1 heterocycles. The highest BCUT2D eigenvalue weighted by molar-refractivity contribution is 7.99. The van der Waals surface area contributed by atoms with Crippen molar-refractivity contribution in [2.45, 2.75) is 25.4 Å². The number of rotatable bonds is 7. The summed E-state index contributed by atoms with van der Waals surface area (Å²) in [5, 5.41) is 3.68. The molecule has 0 amide bonds. The van der Waals surface area contributed by atoms with E-state index >= 15 is 0 Å². The molecule has 0 aromatic heterocycles. The van der Waals surface area contributed by atoms with Crippen LogP contribution in [0, 0.1) is 0 Å². The molecule has 0 bridgehead atoms. The molecule has 1 saturated heterocycles. The number of nitrogens with zero attached hydrogens (tertiary/aromatic N) is 1. The van der Waals surface area contributed by atoms with E-state index in [1.54, 1.807) is 0 Å². The Labute approximate surface area is 127 Å². The molecule has 1 aliphatic heterocycles. The van der Waals surface area contributed by atoms with Crippen LogP contribution in [-0.4, -0.2) is 42.1 Å². The second-order valence-electron chi connectivity index (χ2n) is 5.30. The first-order valence-corrected chi connectivity index (χ1v) is 8.71. The first-order chi connectivity index (χ1) is 9.85. The molecule has 1 aromatic carbocycles. The lowest BCUT2D eigenvalue weighted by Crippen LogP contribution is -2.52. The van der Waals surface area contributed by atoms with Gasteiger partial charge in [0.15, 0.2) is 0 Å². The van der Waals surface area contributed by atoms with Crippen LogP contribution in [0.1, 0.15) is 24.9 Å². The number of hydrogen-bond donors (Lipinski definition) is 1. The van der Waals surface area contributed by atoms with Crippen molar-refractivity contribution in [3.63, 3.8) is 0 Å². The molecule has 1 aliphatic rings. The van der Waals surface area contributed by atoms with Crippen molar-refractivity contribution in [1.82, 2.24) is 10.2 Å². The van der Waals surface area contributed by atoms with E-state index in [4.69, 9.17) is 0 Å². The first-order valence-electron chi connectivity index (χ1n) is 7.56. The van der Waals surface area contributed by atoms with Crippen molar-refractivity contribution in [3.05, 3.63) is 48.6 Å². The Morgan fingerprint density at radius 1 is 1.40 bits per heavy atom. The van der Waals surface area contributed by atoms with Gasteiger partial charge in [-0.3, -0.25) is 4.90 Å². The number of piperazine rings is 1. The number of benzene rings is 1. The Kier molecular flexibility index (Phi) is 6.64. The second kappa shape index (κ2) is 8.50. The molecule has 2 atom stereocenters. The van der Waals surface area contributed by atoms with Crippen LogP contribution in [0.25, 0.3) is 0 Å². The van der Waals surface area contributed by atoms with Crippen LogP contribution >= 0.6 is 11.8 Å². The van der Waals surface area contributed by atoms with Gasteiger partial charge < -0.3 is 5.32 Å². The summed E-state index contributed by atoms with van der Waals surface area (Å²) in [7, 11) is 0. The smallest absolute Gasteiger partial charge is 0.0473 e. The van der Waals surface area contributed by atoms with Gasteiger partial charge in [0.25, 0.3) is 0 Å². The lowest BCUT2D eigenvalue weighted by Gasteiger charge is -2.40. The van der Waals surface area contributed by atoms with Crippen molar-refractivity contribution >= 4 is 11.8 Å². The quantitative estimate of drug-likeness (QED) is 0.612. The topological polar surface area (TPSA) is 15.3 Å². The molecule has 0 spiro atoms. The van der Waals surface area contributed by atoms with E-state index in [9.17, 15) is 0 Å². The van der Waals surface area contributed by atoms with Crippen molar-refractivity contribution in [2.75, 3.05) is 31.1 Å². The van der Waals surface area contributed by atoms with Gasteiger partial charge in [-0.25, -0.2) is 0 Å². The summed E-state index contributed by atoms with van der Waals surface area (Å²) in [5.74, 6) is 2.24. The van der Waals surface area contributed by atoms with Gasteiger partial charge in [-0.2, -0.15) is 11.8 Å². The molecule has 3 heteroatoms. The zero-order chi connectivity index (χ0) is 14.2. The van der Waals surface area contributed by atoms with Crippen molar-refractivity contribution in [3.8, 4) is 0 Å². The largest absolute Gasteiger partial charge is 0.311 e. The zero-order valence-electron chi connectivity index (χ0n) is 12.4.